The van der Waals surface area contributed by atoms with E-state index < -0.39 is 6.04 Å². The van der Waals surface area contributed by atoms with Gasteiger partial charge in [0.1, 0.15) is 0 Å². The summed E-state index contributed by atoms with van der Waals surface area (Å²) in [6.45, 7) is 2.14. The molecule has 0 spiro atoms. The summed E-state index contributed by atoms with van der Waals surface area (Å²) >= 11 is 0. The third-order valence-electron chi connectivity index (χ3n) is 4.63. The number of carbonyl (C=O) groups is 1. The maximum atomic E-state index is 12.4. The predicted molar refractivity (Wildman–Crippen MR) is 98.1 cm³/mol. The van der Waals surface area contributed by atoms with Crippen molar-refractivity contribution in [1.29, 1.82) is 0 Å². The molecule has 2 aromatic rings. The minimum absolute atomic E-state index is 0.135. The summed E-state index contributed by atoms with van der Waals surface area (Å²) in [5.74, 6) is -0.135. The number of carbonyl (C=O) groups excluding carboxylic acids is 1. The van der Waals surface area contributed by atoms with E-state index in [2.05, 4.69) is 29.4 Å². The second-order valence-corrected chi connectivity index (χ2v) is 6.57. The molecule has 4 heteroatoms. The standard InChI is InChI=1S/C20H25N3O/c1-23-11-9-16-7-8-18(14-17(16)10-12-23)22-20(24)19(21)13-15-5-3-2-4-6-15/h2-8,14,19H,9-13,21H2,1H3,(H,22,24). The van der Waals surface area contributed by atoms with E-state index in [-0.39, 0.29) is 5.91 Å². The molecule has 0 aromatic heterocycles. The smallest absolute Gasteiger partial charge is 0.241 e. The van der Waals surface area contributed by atoms with Crippen LogP contribution in [0.3, 0.4) is 0 Å². The molecule has 3 N–H and O–H groups in total. The number of fused-ring (bicyclic) bond motifs is 1. The van der Waals surface area contributed by atoms with E-state index >= 15 is 0 Å². The summed E-state index contributed by atoms with van der Waals surface area (Å²) in [6, 6.07) is 15.5. The molecule has 1 aliphatic heterocycles. The zero-order valence-electron chi connectivity index (χ0n) is 14.2. The van der Waals surface area contributed by atoms with Gasteiger partial charge in [-0.3, -0.25) is 4.79 Å². The molecule has 1 atom stereocenters. The van der Waals surface area contributed by atoms with Crippen LogP contribution in [0.5, 0.6) is 0 Å². The Hall–Kier alpha value is -2.17. The Morgan fingerprint density at radius 2 is 1.83 bits per heavy atom. The first kappa shape index (κ1) is 16.7. The van der Waals surface area contributed by atoms with E-state index in [9.17, 15) is 4.79 Å². The predicted octanol–water partition coefficient (Wildman–Crippen LogP) is 2.23. The van der Waals surface area contributed by atoms with Crippen LogP contribution in [0.25, 0.3) is 0 Å². The average Bonchev–Trinajstić information content (AvgIpc) is 2.77. The lowest BCUT2D eigenvalue weighted by atomic mass is 10.0. The Morgan fingerprint density at radius 1 is 1.12 bits per heavy atom. The van der Waals surface area contributed by atoms with Crippen LogP contribution in [-0.2, 0) is 24.1 Å². The van der Waals surface area contributed by atoms with Crippen LogP contribution in [0.2, 0.25) is 0 Å². The summed E-state index contributed by atoms with van der Waals surface area (Å²) in [6.07, 6.45) is 2.63. The van der Waals surface area contributed by atoms with Crippen LogP contribution in [0.4, 0.5) is 5.69 Å². The van der Waals surface area contributed by atoms with Crippen LogP contribution in [-0.4, -0.2) is 37.0 Å². The first-order chi connectivity index (χ1) is 11.6. The molecule has 4 nitrogen and oxygen atoms in total. The molecule has 1 heterocycles. The molecule has 0 radical (unpaired) electrons. The lowest BCUT2D eigenvalue weighted by molar-refractivity contribution is -0.117. The zero-order valence-corrected chi connectivity index (χ0v) is 14.2. The van der Waals surface area contributed by atoms with Crippen LogP contribution in [0, 0.1) is 0 Å². The van der Waals surface area contributed by atoms with Gasteiger partial charge in [-0.2, -0.15) is 0 Å². The SMILES string of the molecule is CN1CCc2ccc(NC(=O)C(N)Cc3ccccc3)cc2CC1. The van der Waals surface area contributed by atoms with Crippen LogP contribution < -0.4 is 11.1 Å². The van der Waals surface area contributed by atoms with Gasteiger partial charge in [0.25, 0.3) is 0 Å². The Bertz CT molecular complexity index is 699. The van der Waals surface area contributed by atoms with Crippen molar-refractivity contribution in [3.8, 4) is 0 Å². The normalized spacial score (nSPS) is 16.1. The molecule has 3 rings (SSSR count). The van der Waals surface area contributed by atoms with Crippen LogP contribution >= 0.6 is 0 Å². The molecule has 1 unspecified atom stereocenters. The van der Waals surface area contributed by atoms with Crippen molar-refractivity contribution >= 4 is 11.6 Å². The maximum Gasteiger partial charge on any atom is 0.241 e. The second-order valence-electron chi connectivity index (χ2n) is 6.57. The van der Waals surface area contributed by atoms with Crippen molar-refractivity contribution in [1.82, 2.24) is 4.90 Å². The molecule has 0 aliphatic carbocycles. The van der Waals surface area contributed by atoms with E-state index in [0.29, 0.717) is 6.42 Å². The highest BCUT2D eigenvalue weighted by atomic mass is 16.2. The van der Waals surface area contributed by atoms with Crippen LogP contribution in [0.15, 0.2) is 48.5 Å². The highest BCUT2D eigenvalue weighted by Gasteiger charge is 2.16. The molecule has 1 amide bonds. The molecule has 24 heavy (non-hydrogen) atoms. The van der Waals surface area contributed by atoms with E-state index in [1.807, 2.05) is 36.4 Å². The van der Waals surface area contributed by atoms with Gasteiger partial charge in [-0.25, -0.2) is 0 Å². The Kier molecular flexibility index (Phi) is 5.28. The summed E-state index contributed by atoms with van der Waals surface area (Å²) in [5, 5.41) is 2.97. The quantitative estimate of drug-likeness (QED) is 0.907. The third kappa shape index (κ3) is 4.22. The first-order valence-electron chi connectivity index (χ1n) is 8.52. The van der Waals surface area contributed by atoms with Gasteiger partial charge in [0.15, 0.2) is 0 Å². The van der Waals surface area contributed by atoms with E-state index in [1.165, 1.54) is 11.1 Å². The topological polar surface area (TPSA) is 58.4 Å². The van der Waals surface area contributed by atoms with Gasteiger partial charge >= 0.3 is 0 Å². The van der Waals surface area contributed by atoms with Crippen LogP contribution in [0.1, 0.15) is 16.7 Å². The number of nitrogens with one attached hydrogen (secondary N) is 1. The molecule has 1 aliphatic rings. The number of nitrogens with zero attached hydrogens (tertiary/aromatic N) is 1. The third-order valence-corrected chi connectivity index (χ3v) is 4.63. The molecule has 2 aromatic carbocycles. The molecular weight excluding hydrogens is 298 g/mol. The summed E-state index contributed by atoms with van der Waals surface area (Å²) in [4.78, 5) is 14.7. The molecule has 0 saturated heterocycles. The fraction of sp³-hybridized carbons (Fsp3) is 0.350. The van der Waals surface area contributed by atoms with Crippen molar-refractivity contribution in [2.45, 2.75) is 25.3 Å². The number of nitrogens with two attached hydrogens (primary N) is 1. The Morgan fingerprint density at radius 3 is 2.58 bits per heavy atom. The highest BCUT2D eigenvalue weighted by molar-refractivity contribution is 5.95. The van der Waals surface area contributed by atoms with E-state index in [1.54, 1.807) is 0 Å². The zero-order chi connectivity index (χ0) is 16.9. The summed E-state index contributed by atoms with van der Waals surface area (Å²) < 4.78 is 0. The lowest BCUT2D eigenvalue weighted by Gasteiger charge is -2.14. The van der Waals surface area contributed by atoms with Gasteiger partial charge in [0, 0.05) is 18.8 Å². The molecule has 0 fully saturated rings. The number of anilines is 1. The van der Waals surface area contributed by atoms with E-state index in [0.717, 1.165) is 37.2 Å². The summed E-state index contributed by atoms with van der Waals surface area (Å²) in [7, 11) is 2.15. The first-order valence-corrected chi connectivity index (χ1v) is 8.52. The van der Waals surface area contributed by atoms with Crippen molar-refractivity contribution in [2.24, 2.45) is 5.73 Å². The number of amides is 1. The molecule has 0 saturated carbocycles. The molecule has 126 valence electrons. The van der Waals surface area contributed by atoms with Gasteiger partial charge in [0.05, 0.1) is 6.04 Å². The van der Waals surface area contributed by atoms with Gasteiger partial charge < -0.3 is 16.0 Å². The average molecular weight is 323 g/mol. The van der Waals surface area contributed by atoms with Gasteiger partial charge in [-0.1, -0.05) is 36.4 Å². The molecule has 0 bridgehead atoms. The summed E-state index contributed by atoms with van der Waals surface area (Å²) in [5.41, 5.74) is 10.7. The Labute approximate surface area is 143 Å². The van der Waals surface area contributed by atoms with Crippen molar-refractivity contribution in [3.63, 3.8) is 0 Å². The number of hydrogen-bond donors (Lipinski definition) is 2. The van der Waals surface area contributed by atoms with Crippen molar-refractivity contribution in [3.05, 3.63) is 65.2 Å². The highest BCUT2D eigenvalue weighted by Crippen LogP contribution is 2.20. The second kappa shape index (κ2) is 7.60. The lowest BCUT2D eigenvalue weighted by Crippen LogP contribution is -2.37. The number of likely N-dealkylation sites (N-methyl/N-ethyl adjacent to an activating group) is 1. The van der Waals surface area contributed by atoms with Crippen molar-refractivity contribution in [2.75, 3.05) is 25.5 Å². The largest absolute Gasteiger partial charge is 0.325 e. The van der Waals surface area contributed by atoms with Gasteiger partial charge in [0.2, 0.25) is 5.91 Å². The minimum atomic E-state index is -0.544. The monoisotopic (exact) mass is 323 g/mol. The fourth-order valence-electron chi connectivity index (χ4n) is 3.11. The minimum Gasteiger partial charge on any atom is -0.325 e. The van der Waals surface area contributed by atoms with E-state index in [4.69, 9.17) is 5.73 Å². The number of rotatable bonds is 4. The van der Waals surface area contributed by atoms with Crippen molar-refractivity contribution < 1.29 is 4.79 Å². The number of hydrogen-bond acceptors (Lipinski definition) is 3. The fourth-order valence-corrected chi connectivity index (χ4v) is 3.11. The number of benzene rings is 2. The van der Waals surface area contributed by atoms with Gasteiger partial charge in [-0.05, 0) is 55.1 Å². The van der Waals surface area contributed by atoms with Gasteiger partial charge in [-0.15, -0.1) is 0 Å². The Balaban J connectivity index is 1.64. The molecular formula is C20H25N3O. The maximum absolute atomic E-state index is 12.4.